The molecule has 0 radical (unpaired) electrons. The van der Waals surface area contributed by atoms with Crippen LogP contribution in [0.4, 0.5) is 43.4 Å². The number of ether oxygens (including phenoxy) is 1. The van der Waals surface area contributed by atoms with Crippen LogP contribution >= 0.6 is 34.8 Å². The number of benzene rings is 3. The van der Waals surface area contributed by atoms with Gasteiger partial charge in [-0.1, -0.05) is 22.8 Å². The third kappa shape index (κ3) is 6.09. The van der Waals surface area contributed by atoms with Crippen molar-refractivity contribution in [2.75, 3.05) is 16.0 Å². The van der Waals surface area contributed by atoms with Crippen molar-refractivity contribution in [3.05, 3.63) is 106 Å². The molecule has 4 atom stereocenters. The molecule has 8 nitrogen and oxygen atoms in total. The van der Waals surface area contributed by atoms with Gasteiger partial charge >= 0.3 is 6.18 Å². The monoisotopic (exact) mass is 704 g/mol. The zero-order valence-corrected chi connectivity index (χ0v) is 24.8. The maximum Gasteiger partial charge on any atom is 0.419 e. The number of anilines is 3. The number of carbonyl (C=O) groups is 2. The van der Waals surface area contributed by atoms with Crippen LogP contribution in [0.2, 0.25) is 5.02 Å². The lowest BCUT2D eigenvalue weighted by atomic mass is 10.0. The summed E-state index contributed by atoms with van der Waals surface area (Å²) in [5.74, 6) is -7.10. The third-order valence-corrected chi connectivity index (χ3v) is 8.72. The Labute approximate surface area is 269 Å². The molecule has 2 fully saturated rings. The van der Waals surface area contributed by atoms with Crippen LogP contribution in [0.15, 0.2) is 65.4 Å². The van der Waals surface area contributed by atoms with Crippen molar-refractivity contribution in [3.8, 4) is 0 Å². The van der Waals surface area contributed by atoms with Crippen molar-refractivity contribution in [3.63, 3.8) is 0 Å². The molecule has 17 heteroatoms. The molecule has 1 unspecified atom stereocenters. The molecule has 0 bridgehead atoms. The average Bonchev–Trinajstić information content (AvgIpc) is 3.75. The molecule has 4 aromatic rings. The fourth-order valence-electron chi connectivity index (χ4n) is 5.07. The molecule has 1 aliphatic heterocycles. The van der Waals surface area contributed by atoms with Crippen LogP contribution in [0.3, 0.4) is 0 Å². The lowest BCUT2D eigenvalue weighted by molar-refractivity contribution is -0.140. The van der Waals surface area contributed by atoms with Crippen LogP contribution in [0.5, 0.6) is 0 Å². The number of rotatable bonds is 8. The maximum absolute atomic E-state index is 15.1. The van der Waals surface area contributed by atoms with E-state index in [0.29, 0.717) is 17.8 Å². The van der Waals surface area contributed by atoms with Gasteiger partial charge in [0.1, 0.15) is 34.0 Å². The highest BCUT2D eigenvalue weighted by Gasteiger charge is 2.72. The van der Waals surface area contributed by atoms with E-state index in [1.807, 2.05) is 5.32 Å². The Kier molecular flexibility index (Phi) is 8.12. The lowest BCUT2D eigenvalue weighted by Crippen LogP contribution is -2.18. The smallest absolute Gasteiger partial charge is 0.364 e. The van der Waals surface area contributed by atoms with E-state index in [-0.39, 0.29) is 21.8 Å². The van der Waals surface area contributed by atoms with E-state index in [1.54, 1.807) is 0 Å². The predicted octanol–water partition coefficient (Wildman–Crippen LogP) is 7.99. The molecule has 2 heterocycles. The molecule has 6 rings (SSSR count). The largest absolute Gasteiger partial charge is 0.419 e. The Bertz CT molecular complexity index is 1860. The summed E-state index contributed by atoms with van der Waals surface area (Å²) in [5.41, 5.74) is -2.71. The van der Waals surface area contributed by atoms with E-state index in [0.717, 1.165) is 18.4 Å². The van der Waals surface area contributed by atoms with Crippen LogP contribution in [0.1, 0.15) is 37.9 Å². The van der Waals surface area contributed by atoms with Crippen LogP contribution in [0.25, 0.3) is 0 Å². The zero-order chi connectivity index (χ0) is 33.1. The number of hydrogen-bond donors (Lipinski definition) is 3. The fourth-order valence-corrected chi connectivity index (χ4v) is 6.17. The quantitative estimate of drug-likeness (QED) is 0.0975. The fraction of sp³-hybridized carbons (Fsp3) is 0.207. The zero-order valence-electron chi connectivity index (χ0n) is 22.6. The molecule has 1 saturated heterocycles. The number of alkyl halides is 5. The van der Waals surface area contributed by atoms with Gasteiger partial charge in [-0.15, -0.1) is 23.2 Å². The summed E-state index contributed by atoms with van der Waals surface area (Å²) in [6.07, 6.45) is -5.18. The Morgan fingerprint density at radius 2 is 1.65 bits per heavy atom. The summed E-state index contributed by atoms with van der Waals surface area (Å²) in [6.45, 7) is 0. The molecule has 240 valence electrons. The first-order valence-electron chi connectivity index (χ1n) is 13.1. The summed E-state index contributed by atoms with van der Waals surface area (Å²) in [7, 11) is 0. The van der Waals surface area contributed by atoms with Gasteiger partial charge in [0.15, 0.2) is 17.7 Å². The van der Waals surface area contributed by atoms with Gasteiger partial charge in [0.2, 0.25) is 0 Å². The minimum Gasteiger partial charge on any atom is -0.364 e. The summed E-state index contributed by atoms with van der Waals surface area (Å²) in [4.78, 5) is 25.3. The highest BCUT2D eigenvalue weighted by Crippen LogP contribution is 2.69. The van der Waals surface area contributed by atoms with Gasteiger partial charge in [-0.3, -0.25) is 9.59 Å². The molecule has 2 aliphatic rings. The minimum absolute atomic E-state index is 0.0297. The molecule has 2 amide bonds. The van der Waals surface area contributed by atoms with Gasteiger partial charge in [-0.2, -0.15) is 13.2 Å². The molecule has 3 aromatic carbocycles. The molecular weight excluding hydrogens is 689 g/mol. The van der Waals surface area contributed by atoms with E-state index in [9.17, 15) is 31.5 Å². The number of halogens is 9. The number of aromatic nitrogens is 1. The number of epoxide rings is 1. The van der Waals surface area contributed by atoms with E-state index in [4.69, 9.17) is 39.5 Å². The third-order valence-electron chi connectivity index (χ3n) is 7.41. The Hall–Kier alpha value is -3.98. The molecule has 1 aliphatic carbocycles. The van der Waals surface area contributed by atoms with E-state index in [2.05, 4.69) is 20.3 Å². The summed E-state index contributed by atoms with van der Waals surface area (Å²) >= 11 is 19.0. The number of amides is 2. The number of nitrogens with zero attached hydrogens (tertiary/aromatic N) is 1. The number of carbonyl (C=O) groups excluding carboxylic acids is 2. The molecule has 3 N–H and O–H groups in total. The topological polar surface area (TPSA) is 109 Å². The Morgan fingerprint density at radius 1 is 0.913 bits per heavy atom. The Morgan fingerprint density at radius 3 is 2.35 bits per heavy atom. The van der Waals surface area contributed by atoms with Gasteiger partial charge in [0.05, 0.1) is 21.8 Å². The van der Waals surface area contributed by atoms with Gasteiger partial charge in [0, 0.05) is 23.6 Å². The predicted molar refractivity (Wildman–Crippen MR) is 155 cm³/mol. The standard InChI is InChI=1S/C29H17Cl3F6N4O4/c30-15-3-2-12(39-27-24(46-27)21-20(28(21,31)32)11-1-4-16(33)14(9-11)29(36,37)38)10-13(15)25(43)40-18-6-5-17(34)23(22(18)35)41-26(44)19-7-8-45-42-19/h1-10,20-21,24,27,39H,(H,40,43)(H,41,44)/t20-,21+,24?,27+/m0/s1. The highest BCUT2D eigenvalue weighted by atomic mass is 35.5. The van der Waals surface area contributed by atoms with Crippen molar-refractivity contribution in [2.45, 2.75) is 28.8 Å². The van der Waals surface area contributed by atoms with Crippen molar-refractivity contribution < 1.29 is 45.2 Å². The van der Waals surface area contributed by atoms with Crippen LogP contribution < -0.4 is 16.0 Å². The minimum atomic E-state index is -4.91. The highest BCUT2D eigenvalue weighted by molar-refractivity contribution is 6.52. The van der Waals surface area contributed by atoms with Crippen LogP contribution in [-0.4, -0.2) is 33.6 Å². The first-order chi connectivity index (χ1) is 21.7. The second-order valence-corrected chi connectivity index (χ2v) is 12.2. The first kappa shape index (κ1) is 32.0. The van der Waals surface area contributed by atoms with Gasteiger partial charge in [0.25, 0.3) is 11.8 Å². The first-order valence-corrected chi connectivity index (χ1v) is 14.3. The van der Waals surface area contributed by atoms with Crippen molar-refractivity contribution in [1.82, 2.24) is 5.16 Å². The van der Waals surface area contributed by atoms with E-state index < -0.39 is 80.9 Å². The summed E-state index contributed by atoms with van der Waals surface area (Å²) in [5, 5.41) is 10.7. The normalized spacial score (nSPS) is 21.4. The van der Waals surface area contributed by atoms with Crippen LogP contribution in [-0.2, 0) is 10.9 Å². The second-order valence-electron chi connectivity index (χ2n) is 10.4. The van der Waals surface area contributed by atoms with E-state index in [1.165, 1.54) is 30.3 Å². The van der Waals surface area contributed by atoms with Gasteiger partial charge < -0.3 is 25.2 Å². The summed E-state index contributed by atoms with van der Waals surface area (Å²) < 4.78 is 91.7. The summed E-state index contributed by atoms with van der Waals surface area (Å²) in [6, 6.07) is 9.70. The van der Waals surface area contributed by atoms with E-state index >= 15 is 4.39 Å². The van der Waals surface area contributed by atoms with Crippen LogP contribution in [0, 0.1) is 23.4 Å². The molecule has 46 heavy (non-hydrogen) atoms. The van der Waals surface area contributed by atoms with Crippen molar-refractivity contribution >= 4 is 63.7 Å². The average molecular weight is 706 g/mol. The van der Waals surface area contributed by atoms with Crippen molar-refractivity contribution in [1.29, 1.82) is 0 Å². The number of nitrogens with one attached hydrogen (secondary N) is 3. The molecule has 0 spiro atoms. The Balaban J connectivity index is 1.14. The SMILES string of the molecule is O=C(Nc1c(F)ccc(NC(=O)c2cc(N[C@@H]3OC3[C@H]3[C@H](c4ccc(F)c(C(F)(F)F)c4)C3(Cl)Cl)ccc2Cl)c1F)c1ccon1. The molecule has 1 saturated carbocycles. The molecule has 1 aromatic heterocycles. The van der Waals surface area contributed by atoms with Crippen molar-refractivity contribution in [2.24, 2.45) is 5.92 Å². The van der Waals surface area contributed by atoms with Gasteiger partial charge in [-0.05, 0) is 48.0 Å². The second kappa shape index (κ2) is 11.7. The lowest BCUT2D eigenvalue weighted by Gasteiger charge is -2.13. The maximum atomic E-state index is 15.1. The molecular formula is C29H17Cl3F6N4O4. The van der Waals surface area contributed by atoms with Gasteiger partial charge in [-0.25, -0.2) is 13.2 Å². The number of hydrogen-bond acceptors (Lipinski definition) is 6.